The second kappa shape index (κ2) is 9.06. The minimum absolute atomic E-state index is 0.0840. The molecule has 6 nitrogen and oxygen atoms in total. The van der Waals surface area contributed by atoms with Crippen LogP contribution in [0.25, 0.3) is 0 Å². The van der Waals surface area contributed by atoms with Crippen LogP contribution in [0.1, 0.15) is 56.9 Å². The van der Waals surface area contributed by atoms with E-state index in [-0.39, 0.29) is 24.0 Å². The van der Waals surface area contributed by atoms with Crippen molar-refractivity contribution >= 4 is 11.9 Å². The first kappa shape index (κ1) is 20.0. The lowest BCUT2D eigenvalue weighted by molar-refractivity contribution is -0.131. The summed E-state index contributed by atoms with van der Waals surface area (Å²) in [5.74, 6) is 0.963. The molecule has 4 rings (SSSR count). The van der Waals surface area contributed by atoms with E-state index in [4.69, 9.17) is 4.74 Å². The highest BCUT2D eigenvalue weighted by Crippen LogP contribution is 2.27. The molecule has 0 aromatic heterocycles. The standard InChI is InChI=1S/C23H33N3O3/c1-29-20-11-5-7-17(16-20)15-19-10-6-13-26(19)23(28)24-21-12-14-25(22(21)27)18-8-3-2-4-9-18/h5,7,11,16,18-19,21H,2-4,6,8-10,12-15H2,1H3,(H,24,28). The minimum Gasteiger partial charge on any atom is -0.497 e. The molecule has 0 bridgehead atoms. The van der Waals surface area contributed by atoms with Crippen LogP contribution in [0.5, 0.6) is 5.75 Å². The van der Waals surface area contributed by atoms with Crippen LogP contribution in [0.2, 0.25) is 0 Å². The van der Waals surface area contributed by atoms with Gasteiger partial charge in [-0.1, -0.05) is 31.4 Å². The van der Waals surface area contributed by atoms with Gasteiger partial charge < -0.3 is 19.9 Å². The number of likely N-dealkylation sites (tertiary alicyclic amines) is 2. The monoisotopic (exact) mass is 399 g/mol. The van der Waals surface area contributed by atoms with Gasteiger partial charge >= 0.3 is 6.03 Å². The van der Waals surface area contributed by atoms with Crippen LogP contribution in [-0.4, -0.2) is 60.1 Å². The Hall–Kier alpha value is -2.24. The summed E-state index contributed by atoms with van der Waals surface area (Å²) >= 11 is 0. The number of hydrogen-bond acceptors (Lipinski definition) is 3. The molecular weight excluding hydrogens is 366 g/mol. The maximum atomic E-state index is 13.0. The summed E-state index contributed by atoms with van der Waals surface area (Å²) in [6.07, 6.45) is 9.49. The number of carbonyl (C=O) groups excluding carboxylic acids is 2. The van der Waals surface area contributed by atoms with Gasteiger partial charge in [-0.25, -0.2) is 4.79 Å². The lowest BCUT2D eigenvalue weighted by atomic mass is 9.94. The Balaban J connectivity index is 1.34. The van der Waals surface area contributed by atoms with Crippen LogP contribution in [0.4, 0.5) is 4.79 Å². The fourth-order valence-corrected chi connectivity index (χ4v) is 5.21. The summed E-state index contributed by atoms with van der Waals surface area (Å²) in [4.78, 5) is 29.8. The van der Waals surface area contributed by atoms with Crippen molar-refractivity contribution in [1.29, 1.82) is 0 Å². The lowest BCUT2D eigenvalue weighted by Gasteiger charge is -2.31. The molecule has 2 heterocycles. The van der Waals surface area contributed by atoms with Gasteiger partial charge in [0.2, 0.25) is 5.91 Å². The maximum absolute atomic E-state index is 13.0. The molecule has 158 valence electrons. The van der Waals surface area contributed by atoms with Crippen LogP contribution in [-0.2, 0) is 11.2 Å². The van der Waals surface area contributed by atoms with E-state index >= 15 is 0 Å². The first-order chi connectivity index (χ1) is 14.2. The van der Waals surface area contributed by atoms with Gasteiger partial charge in [0.25, 0.3) is 0 Å². The maximum Gasteiger partial charge on any atom is 0.318 e. The van der Waals surface area contributed by atoms with E-state index in [0.717, 1.165) is 57.4 Å². The van der Waals surface area contributed by atoms with Crippen LogP contribution >= 0.6 is 0 Å². The van der Waals surface area contributed by atoms with E-state index in [1.54, 1.807) is 7.11 Å². The zero-order valence-electron chi connectivity index (χ0n) is 17.4. The molecule has 1 aromatic carbocycles. The van der Waals surface area contributed by atoms with Gasteiger partial charge in [-0.3, -0.25) is 4.79 Å². The van der Waals surface area contributed by atoms with Gasteiger partial charge in [-0.05, 0) is 56.2 Å². The molecule has 1 saturated carbocycles. The Bertz CT molecular complexity index is 732. The molecule has 2 unspecified atom stereocenters. The molecule has 2 atom stereocenters. The number of benzene rings is 1. The summed E-state index contributed by atoms with van der Waals surface area (Å²) in [5, 5.41) is 3.05. The highest BCUT2D eigenvalue weighted by molar-refractivity contribution is 5.89. The SMILES string of the molecule is COc1cccc(CC2CCCN2C(=O)NC2CCN(C3CCCCC3)C2=O)c1. The van der Waals surface area contributed by atoms with Crippen molar-refractivity contribution in [2.45, 2.75) is 75.9 Å². The average molecular weight is 400 g/mol. The number of urea groups is 1. The fourth-order valence-electron chi connectivity index (χ4n) is 5.21. The number of amides is 3. The number of nitrogens with zero attached hydrogens (tertiary/aromatic N) is 2. The number of rotatable bonds is 5. The van der Waals surface area contributed by atoms with Gasteiger partial charge in [-0.2, -0.15) is 0 Å². The van der Waals surface area contributed by atoms with Gasteiger partial charge in [0.05, 0.1) is 7.11 Å². The van der Waals surface area contributed by atoms with Crippen LogP contribution in [0, 0.1) is 0 Å². The van der Waals surface area contributed by atoms with E-state index in [1.807, 2.05) is 28.0 Å². The van der Waals surface area contributed by atoms with E-state index in [1.165, 1.54) is 24.8 Å². The van der Waals surface area contributed by atoms with Crippen LogP contribution in [0.15, 0.2) is 24.3 Å². The average Bonchev–Trinajstić information content (AvgIpc) is 3.36. The smallest absolute Gasteiger partial charge is 0.318 e. The summed E-state index contributed by atoms with van der Waals surface area (Å²) in [7, 11) is 1.67. The molecular formula is C23H33N3O3. The molecule has 0 spiro atoms. The Kier molecular flexibility index (Phi) is 6.26. The highest BCUT2D eigenvalue weighted by Gasteiger charge is 2.38. The molecule has 1 aromatic rings. The molecule has 3 fully saturated rings. The predicted octanol–water partition coefficient (Wildman–Crippen LogP) is 3.35. The number of carbonyl (C=O) groups is 2. The molecule has 29 heavy (non-hydrogen) atoms. The minimum atomic E-state index is -0.359. The summed E-state index contributed by atoms with van der Waals surface area (Å²) in [6, 6.07) is 8.16. The number of nitrogens with one attached hydrogen (secondary N) is 1. The number of methoxy groups -OCH3 is 1. The van der Waals surface area contributed by atoms with Gasteiger partial charge in [0.1, 0.15) is 11.8 Å². The van der Waals surface area contributed by atoms with E-state index in [9.17, 15) is 9.59 Å². The van der Waals surface area contributed by atoms with E-state index in [0.29, 0.717) is 6.04 Å². The van der Waals surface area contributed by atoms with Crippen molar-refractivity contribution in [3.8, 4) is 5.75 Å². The molecule has 2 aliphatic heterocycles. The van der Waals surface area contributed by atoms with Crippen molar-refractivity contribution in [3.05, 3.63) is 29.8 Å². The second-order valence-corrected chi connectivity index (χ2v) is 8.66. The van der Waals surface area contributed by atoms with E-state index < -0.39 is 0 Å². The summed E-state index contributed by atoms with van der Waals surface area (Å²) in [6.45, 7) is 1.54. The van der Waals surface area contributed by atoms with Gasteiger partial charge in [0, 0.05) is 25.2 Å². The molecule has 6 heteroatoms. The second-order valence-electron chi connectivity index (χ2n) is 8.66. The largest absolute Gasteiger partial charge is 0.497 e. The first-order valence-corrected chi connectivity index (χ1v) is 11.2. The third kappa shape index (κ3) is 4.51. The van der Waals surface area contributed by atoms with Crippen LogP contribution < -0.4 is 10.1 Å². The van der Waals surface area contributed by atoms with Crippen molar-refractivity contribution < 1.29 is 14.3 Å². The molecule has 1 aliphatic carbocycles. The summed E-state index contributed by atoms with van der Waals surface area (Å²) < 4.78 is 5.32. The van der Waals surface area contributed by atoms with E-state index in [2.05, 4.69) is 11.4 Å². The number of ether oxygens (including phenoxy) is 1. The first-order valence-electron chi connectivity index (χ1n) is 11.2. The fraction of sp³-hybridized carbons (Fsp3) is 0.652. The quantitative estimate of drug-likeness (QED) is 0.826. The van der Waals surface area contributed by atoms with Crippen LogP contribution in [0.3, 0.4) is 0 Å². The third-order valence-corrected chi connectivity index (χ3v) is 6.80. The van der Waals surface area contributed by atoms with Crippen molar-refractivity contribution in [1.82, 2.24) is 15.1 Å². The molecule has 1 N–H and O–H groups in total. The van der Waals surface area contributed by atoms with Crippen molar-refractivity contribution in [3.63, 3.8) is 0 Å². The Morgan fingerprint density at radius 2 is 1.93 bits per heavy atom. The molecule has 3 amide bonds. The summed E-state index contributed by atoms with van der Waals surface area (Å²) in [5.41, 5.74) is 1.18. The van der Waals surface area contributed by atoms with Gasteiger partial charge in [-0.15, -0.1) is 0 Å². The molecule has 0 radical (unpaired) electrons. The van der Waals surface area contributed by atoms with Gasteiger partial charge in [0.15, 0.2) is 0 Å². The Morgan fingerprint density at radius 1 is 1.10 bits per heavy atom. The van der Waals surface area contributed by atoms with Crippen molar-refractivity contribution in [2.75, 3.05) is 20.2 Å². The number of hydrogen-bond donors (Lipinski definition) is 1. The van der Waals surface area contributed by atoms with Crippen molar-refractivity contribution in [2.24, 2.45) is 0 Å². The third-order valence-electron chi connectivity index (χ3n) is 6.80. The normalized spacial score (nSPS) is 25.5. The zero-order valence-corrected chi connectivity index (χ0v) is 17.4. The Labute approximate surface area is 173 Å². The lowest BCUT2D eigenvalue weighted by Crippen LogP contribution is -2.50. The predicted molar refractivity (Wildman–Crippen MR) is 112 cm³/mol. The molecule has 2 saturated heterocycles. The Morgan fingerprint density at radius 3 is 2.72 bits per heavy atom. The molecule has 3 aliphatic rings. The topological polar surface area (TPSA) is 61.9 Å². The highest BCUT2D eigenvalue weighted by atomic mass is 16.5. The zero-order chi connectivity index (χ0) is 20.2.